The van der Waals surface area contributed by atoms with Gasteiger partial charge in [0.25, 0.3) is 0 Å². The van der Waals surface area contributed by atoms with Gasteiger partial charge in [-0.05, 0) is 83.0 Å². The summed E-state index contributed by atoms with van der Waals surface area (Å²) in [5, 5.41) is 39.4. The van der Waals surface area contributed by atoms with Crippen molar-refractivity contribution in [2.45, 2.75) is 11.2 Å². The van der Waals surface area contributed by atoms with Crippen molar-refractivity contribution in [3.05, 3.63) is 250 Å². The van der Waals surface area contributed by atoms with Crippen molar-refractivity contribution in [3.63, 3.8) is 0 Å². The number of allylic oxidation sites excluding steroid dienone is 6. The molecule has 6 aromatic rings. The fourth-order valence-electron chi connectivity index (χ4n) is 7.85. The highest BCUT2D eigenvalue weighted by Gasteiger charge is 2.42. The summed E-state index contributed by atoms with van der Waals surface area (Å²) in [6.07, 6.45) is 11.6. The number of rotatable bonds is 12. The molecule has 0 saturated heterocycles. The van der Waals surface area contributed by atoms with E-state index in [0.29, 0.717) is 11.1 Å². The van der Waals surface area contributed by atoms with Crippen LogP contribution in [0.2, 0.25) is 0 Å². The quantitative estimate of drug-likeness (QED) is 0.0933. The number of hydrogen-bond acceptors (Lipinski definition) is 6. The number of carboxylic acid groups (broad SMARTS) is 4. The molecule has 304 valence electrons. The Morgan fingerprint density at radius 1 is 0.387 bits per heavy atom. The summed E-state index contributed by atoms with van der Waals surface area (Å²) in [6, 6.07) is 45.8. The predicted octanol–water partition coefficient (Wildman–Crippen LogP) is 10.3. The van der Waals surface area contributed by atoms with Crippen LogP contribution in [-0.2, 0) is 11.2 Å². The van der Waals surface area contributed by atoms with Crippen LogP contribution in [-0.4, -0.2) is 44.3 Å². The minimum absolute atomic E-state index is 0.134. The van der Waals surface area contributed by atoms with Crippen molar-refractivity contribution >= 4 is 35.0 Å². The van der Waals surface area contributed by atoms with E-state index in [1.165, 1.54) is 36.4 Å². The molecule has 10 nitrogen and oxygen atoms in total. The molecule has 2 aliphatic rings. The van der Waals surface area contributed by atoms with E-state index in [2.05, 4.69) is 0 Å². The van der Waals surface area contributed by atoms with Gasteiger partial charge in [-0.25, -0.2) is 19.2 Å². The Labute approximate surface area is 355 Å². The maximum Gasteiger partial charge on any atom is 0.336 e. The molecule has 0 fully saturated rings. The van der Waals surface area contributed by atoms with E-state index in [9.17, 15) is 39.6 Å². The highest BCUT2D eigenvalue weighted by Crippen LogP contribution is 2.49. The van der Waals surface area contributed by atoms with Crippen LogP contribution >= 0.6 is 0 Å². The highest BCUT2D eigenvalue weighted by atomic mass is 16.5. The third-order valence-corrected chi connectivity index (χ3v) is 10.8. The number of carbonyl (C=O) groups is 4. The molecule has 0 radical (unpaired) electrons. The number of hydrogen-bond donors (Lipinski definition) is 4. The first kappa shape index (κ1) is 40.3. The number of benzene rings is 6. The average Bonchev–Trinajstić information content (AvgIpc) is 3.30. The van der Waals surface area contributed by atoms with Crippen LogP contribution < -0.4 is 9.47 Å². The first-order valence-corrected chi connectivity index (χ1v) is 19.4. The summed E-state index contributed by atoms with van der Waals surface area (Å²) in [4.78, 5) is 48.4. The molecule has 0 saturated carbocycles. The molecule has 62 heavy (non-hydrogen) atoms. The zero-order valence-corrected chi connectivity index (χ0v) is 32.7. The number of ether oxygens (including phenoxy) is 2. The lowest BCUT2D eigenvalue weighted by atomic mass is 9.74. The molecule has 0 spiro atoms. The van der Waals surface area contributed by atoms with Crippen LogP contribution in [0.3, 0.4) is 0 Å². The average molecular weight is 821 g/mol. The molecule has 2 unspecified atom stereocenters. The fourth-order valence-corrected chi connectivity index (χ4v) is 7.85. The van der Waals surface area contributed by atoms with Crippen LogP contribution in [0.25, 0.3) is 11.1 Å². The molecule has 2 aliphatic carbocycles. The molecule has 0 aromatic heterocycles. The van der Waals surface area contributed by atoms with Crippen LogP contribution in [0, 0.1) is 0 Å². The highest BCUT2D eigenvalue weighted by molar-refractivity contribution is 6.03. The molecule has 0 heterocycles. The molecular weight excluding hydrogens is 785 g/mol. The van der Waals surface area contributed by atoms with Crippen LogP contribution in [0.4, 0.5) is 0 Å². The van der Waals surface area contributed by atoms with Gasteiger partial charge in [0.2, 0.25) is 0 Å². The fraction of sp³-hybridized carbons (Fsp3) is 0.0385. The van der Waals surface area contributed by atoms with Gasteiger partial charge in [-0.2, -0.15) is 0 Å². The van der Waals surface area contributed by atoms with Crippen molar-refractivity contribution in [1.82, 2.24) is 0 Å². The van der Waals surface area contributed by atoms with Gasteiger partial charge in [0, 0.05) is 22.3 Å². The summed E-state index contributed by atoms with van der Waals surface area (Å²) in [6.45, 7) is 0. The van der Waals surface area contributed by atoms with Crippen molar-refractivity contribution in [2.24, 2.45) is 0 Å². The summed E-state index contributed by atoms with van der Waals surface area (Å²) < 4.78 is 13.8. The Hall–Kier alpha value is -8.50. The van der Waals surface area contributed by atoms with Crippen molar-refractivity contribution in [3.8, 4) is 11.5 Å². The minimum atomic E-state index is -1.41. The van der Waals surface area contributed by atoms with Gasteiger partial charge in [0.15, 0.2) is 11.2 Å². The van der Waals surface area contributed by atoms with Crippen molar-refractivity contribution in [2.75, 3.05) is 0 Å². The first-order chi connectivity index (χ1) is 30.0. The maximum atomic E-state index is 12.3. The standard InChI is InChI=1S/C52H36O10/c53-47(54)41-23-21-39(31-43(41)49(57)58)61-51(37-17-9-3-10-18-37)27-25-35(29-45(51)33-13-5-1-6-14-33)36-26-28-52(38-19-11-4-12-20-38,46(30-36)34-15-7-2-8-16-34)62-40-22-24-42(48(55)56)44(32-40)50(59)60/h1-32H,(H,53,54)(H,55,56)(H,57,58)(H,59,60). The van der Waals surface area contributed by atoms with Gasteiger partial charge in [-0.1, -0.05) is 133 Å². The smallest absolute Gasteiger partial charge is 0.336 e. The van der Waals surface area contributed by atoms with Gasteiger partial charge < -0.3 is 29.9 Å². The van der Waals surface area contributed by atoms with E-state index in [1.807, 2.05) is 158 Å². The topological polar surface area (TPSA) is 168 Å². The molecule has 4 N–H and O–H groups in total. The lowest BCUT2D eigenvalue weighted by Gasteiger charge is -2.39. The SMILES string of the molecule is O=C(O)c1ccc(OC2(c3ccccc3)C=CC(=C3C=CC(Oc4ccc(C(=O)O)c(C(=O)O)c4)(c4ccccc4)C(c4ccccc4)=C3)C=C2c2ccccc2)cc1C(=O)O. The Balaban J connectivity index is 1.34. The molecule has 2 atom stereocenters. The summed E-state index contributed by atoms with van der Waals surface area (Å²) in [5.74, 6) is -5.31. The molecule has 0 amide bonds. The predicted molar refractivity (Wildman–Crippen MR) is 232 cm³/mol. The minimum Gasteiger partial charge on any atom is -0.478 e. The van der Waals surface area contributed by atoms with E-state index < -0.39 is 46.2 Å². The van der Waals surface area contributed by atoms with Gasteiger partial charge in [0.1, 0.15) is 11.5 Å². The van der Waals surface area contributed by atoms with Gasteiger partial charge in [-0.15, -0.1) is 0 Å². The molecule has 0 aliphatic heterocycles. The number of carboxylic acids is 4. The molecule has 8 rings (SSSR count). The Bertz CT molecular complexity index is 2700. The van der Waals surface area contributed by atoms with E-state index in [-0.39, 0.29) is 22.6 Å². The number of aromatic carboxylic acids is 4. The van der Waals surface area contributed by atoms with Gasteiger partial charge in [0.05, 0.1) is 22.3 Å². The Morgan fingerprint density at radius 2 is 0.710 bits per heavy atom. The van der Waals surface area contributed by atoms with Crippen LogP contribution in [0.1, 0.15) is 63.7 Å². The van der Waals surface area contributed by atoms with Gasteiger partial charge >= 0.3 is 23.9 Å². The van der Waals surface area contributed by atoms with E-state index >= 15 is 0 Å². The van der Waals surface area contributed by atoms with Crippen LogP contribution in [0.5, 0.6) is 11.5 Å². The second-order valence-electron chi connectivity index (χ2n) is 14.5. The Morgan fingerprint density at radius 3 is 1.03 bits per heavy atom. The zero-order valence-electron chi connectivity index (χ0n) is 32.7. The lowest BCUT2D eigenvalue weighted by molar-refractivity contribution is 0.0650. The summed E-state index contributed by atoms with van der Waals surface area (Å²) >= 11 is 0. The largest absolute Gasteiger partial charge is 0.478 e. The second kappa shape index (κ2) is 16.6. The summed E-state index contributed by atoms with van der Waals surface area (Å²) in [5.41, 5.74) is 1.75. The van der Waals surface area contributed by atoms with Crippen molar-refractivity contribution < 1.29 is 49.1 Å². The third-order valence-electron chi connectivity index (χ3n) is 10.8. The zero-order chi connectivity index (χ0) is 43.4. The lowest BCUT2D eigenvalue weighted by Crippen LogP contribution is -2.35. The first-order valence-electron chi connectivity index (χ1n) is 19.4. The molecule has 6 aromatic carbocycles. The van der Waals surface area contributed by atoms with Crippen LogP contribution in [0.15, 0.2) is 205 Å². The van der Waals surface area contributed by atoms with Crippen molar-refractivity contribution in [1.29, 1.82) is 0 Å². The molecule has 10 heteroatoms. The second-order valence-corrected chi connectivity index (χ2v) is 14.5. The maximum absolute atomic E-state index is 12.3. The monoisotopic (exact) mass is 820 g/mol. The Kier molecular flexibility index (Phi) is 10.8. The van der Waals surface area contributed by atoms with E-state index in [0.717, 1.165) is 33.4 Å². The third kappa shape index (κ3) is 7.60. The summed E-state index contributed by atoms with van der Waals surface area (Å²) in [7, 11) is 0. The molecule has 0 bridgehead atoms. The molecular formula is C52H36O10. The normalized spacial score (nSPS) is 19.2. The van der Waals surface area contributed by atoms with E-state index in [4.69, 9.17) is 9.47 Å². The van der Waals surface area contributed by atoms with Gasteiger partial charge in [-0.3, -0.25) is 0 Å². The van der Waals surface area contributed by atoms with E-state index in [1.54, 1.807) is 0 Å².